The van der Waals surface area contributed by atoms with Crippen LogP contribution in [-0.4, -0.2) is 12.8 Å². The molecule has 4 aromatic carbocycles. The van der Waals surface area contributed by atoms with Gasteiger partial charge in [-0.1, -0.05) is 36.4 Å². The highest BCUT2D eigenvalue weighted by Gasteiger charge is 2.12. The van der Waals surface area contributed by atoms with Gasteiger partial charge in [-0.3, -0.25) is 5.41 Å². The number of nitrogens with one attached hydrogen (secondary N) is 1. The Labute approximate surface area is 202 Å². The Morgan fingerprint density at radius 3 is 2.09 bits per heavy atom. The highest BCUT2D eigenvalue weighted by atomic mass is 35.5. The largest absolute Gasteiger partial charge is 0.457 e. The molecule has 0 spiro atoms. The molecule has 34 heavy (non-hydrogen) atoms. The zero-order valence-electron chi connectivity index (χ0n) is 18.4. The van der Waals surface area contributed by atoms with Crippen LogP contribution in [0.4, 0.5) is 20.2 Å². The van der Waals surface area contributed by atoms with Gasteiger partial charge in [0.1, 0.15) is 11.5 Å². The van der Waals surface area contributed by atoms with Crippen molar-refractivity contribution in [3.63, 3.8) is 0 Å². The molecule has 1 N–H and O–H groups in total. The topological polar surface area (TPSA) is 36.3 Å². The van der Waals surface area contributed by atoms with Crippen molar-refractivity contribution in [2.24, 2.45) is 0 Å². The molecule has 0 saturated heterocycles. The maximum atomic E-state index is 13.5. The van der Waals surface area contributed by atoms with Crippen molar-refractivity contribution in [2.75, 3.05) is 11.9 Å². The summed E-state index contributed by atoms with van der Waals surface area (Å²) >= 11 is 5.98. The van der Waals surface area contributed by atoms with Crippen LogP contribution in [0.2, 0.25) is 5.02 Å². The Kier molecular flexibility index (Phi) is 6.75. The van der Waals surface area contributed by atoms with Crippen LogP contribution in [0.25, 0.3) is 6.08 Å². The van der Waals surface area contributed by atoms with Crippen molar-refractivity contribution in [1.29, 1.82) is 5.41 Å². The molecule has 0 radical (unpaired) electrons. The maximum Gasteiger partial charge on any atom is 0.162 e. The molecular weight excluding hydrogens is 454 g/mol. The van der Waals surface area contributed by atoms with Crippen molar-refractivity contribution in [2.45, 2.75) is 0 Å². The molecule has 0 heterocycles. The zero-order chi connectivity index (χ0) is 24.2. The molecule has 0 unspecified atom stereocenters. The quantitative estimate of drug-likeness (QED) is 0.274. The van der Waals surface area contributed by atoms with Gasteiger partial charge in [0.2, 0.25) is 0 Å². The molecule has 3 nitrogen and oxygen atoms in total. The standard InChI is InChI=1S/C28H21ClF2N2O/c1-3-18-16-20(6-15-27(18)34-24-13-14-25(30)26(31)17-24)28(32)19-4-9-22(10-5-19)33(2)23-11-7-21(29)8-12-23/h3-17,32H,1H2,2H3. The van der Waals surface area contributed by atoms with E-state index in [1.165, 1.54) is 6.07 Å². The van der Waals surface area contributed by atoms with Gasteiger partial charge in [-0.15, -0.1) is 0 Å². The van der Waals surface area contributed by atoms with Crippen molar-refractivity contribution >= 4 is 34.8 Å². The minimum absolute atomic E-state index is 0.172. The third-order valence-electron chi connectivity index (χ3n) is 5.39. The summed E-state index contributed by atoms with van der Waals surface area (Å²) in [5.74, 6) is -1.32. The van der Waals surface area contributed by atoms with E-state index in [1.807, 2.05) is 60.5 Å². The Bertz CT molecular complexity index is 1350. The first-order valence-corrected chi connectivity index (χ1v) is 10.8. The fourth-order valence-electron chi connectivity index (χ4n) is 3.46. The lowest BCUT2D eigenvalue weighted by molar-refractivity contribution is 0.461. The van der Waals surface area contributed by atoms with Gasteiger partial charge >= 0.3 is 0 Å². The predicted octanol–water partition coefficient (Wildman–Crippen LogP) is 8.24. The van der Waals surface area contributed by atoms with Crippen LogP contribution in [-0.2, 0) is 0 Å². The molecule has 0 amide bonds. The second-order valence-corrected chi connectivity index (χ2v) is 8.03. The van der Waals surface area contributed by atoms with Gasteiger partial charge in [0.05, 0.1) is 5.71 Å². The first-order valence-electron chi connectivity index (χ1n) is 10.4. The molecule has 6 heteroatoms. The van der Waals surface area contributed by atoms with E-state index in [0.717, 1.165) is 29.1 Å². The van der Waals surface area contributed by atoms with Crippen molar-refractivity contribution in [1.82, 2.24) is 0 Å². The van der Waals surface area contributed by atoms with Gasteiger partial charge in [0, 0.05) is 46.2 Å². The Hall–Kier alpha value is -3.96. The maximum absolute atomic E-state index is 13.5. The molecule has 0 atom stereocenters. The van der Waals surface area contributed by atoms with E-state index in [1.54, 1.807) is 24.3 Å². The number of hydrogen-bond donors (Lipinski definition) is 1. The molecule has 170 valence electrons. The average Bonchev–Trinajstić information content (AvgIpc) is 2.86. The minimum Gasteiger partial charge on any atom is -0.457 e. The molecule has 4 rings (SSSR count). The molecular formula is C28H21ClF2N2O. The highest BCUT2D eigenvalue weighted by molar-refractivity contribution is 6.30. The highest BCUT2D eigenvalue weighted by Crippen LogP contribution is 2.30. The van der Waals surface area contributed by atoms with Crippen LogP contribution in [0.3, 0.4) is 0 Å². The van der Waals surface area contributed by atoms with Gasteiger partial charge < -0.3 is 9.64 Å². The fraction of sp³-hybridized carbons (Fsp3) is 0.0357. The second-order valence-electron chi connectivity index (χ2n) is 7.59. The van der Waals surface area contributed by atoms with E-state index in [-0.39, 0.29) is 5.75 Å². The summed E-state index contributed by atoms with van der Waals surface area (Å²) in [5, 5.41) is 9.34. The smallest absolute Gasteiger partial charge is 0.162 e. The Morgan fingerprint density at radius 2 is 1.47 bits per heavy atom. The third kappa shape index (κ3) is 5.00. The summed E-state index contributed by atoms with van der Waals surface area (Å²) in [6.45, 7) is 3.80. The van der Waals surface area contributed by atoms with Crippen LogP contribution in [0.1, 0.15) is 16.7 Å². The SMILES string of the molecule is C=Cc1cc(C(=N)c2ccc(N(C)c3ccc(Cl)cc3)cc2)ccc1Oc1ccc(F)c(F)c1. The van der Waals surface area contributed by atoms with E-state index in [0.29, 0.717) is 27.6 Å². The van der Waals surface area contributed by atoms with Gasteiger partial charge in [0.15, 0.2) is 11.6 Å². The number of nitrogens with zero attached hydrogens (tertiary/aromatic N) is 1. The molecule has 4 aromatic rings. The summed E-state index contributed by atoms with van der Waals surface area (Å²) in [4.78, 5) is 2.03. The van der Waals surface area contributed by atoms with Crippen LogP contribution in [0, 0.1) is 17.0 Å². The lowest BCUT2D eigenvalue weighted by Gasteiger charge is -2.20. The Morgan fingerprint density at radius 1 is 0.853 bits per heavy atom. The summed E-state index contributed by atoms with van der Waals surface area (Å²) < 4.78 is 32.4. The van der Waals surface area contributed by atoms with Crippen LogP contribution >= 0.6 is 11.6 Å². The molecule has 0 bridgehead atoms. The number of anilines is 2. The molecule has 0 aromatic heterocycles. The second kappa shape index (κ2) is 9.89. The summed E-state index contributed by atoms with van der Waals surface area (Å²) in [6.07, 6.45) is 1.59. The molecule has 0 aliphatic carbocycles. The van der Waals surface area contributed by atoms with Gasteiger partial charge in [-0.2, -0.15) is 0 Å². The van der Waals surface area contributed by atoms with Gasteiger partial charge in [0.25, 0.3) is 0 Å². The monoisotopic (exact) mass is 474 g/mol. The number of hydrogen-bond acceptors (Lipinski definition) is 3. The molecule has 0 saturated carbocycles. The first kappa shape index (κ1) is 23.2. The first-order chi connectivity index (χ1) is 16.4. The predicted molar refractivity (Wildman–Crippen MR) is 135 cm³/mol. The molecule has 0 fully saturated rings. The van der Waals surface area contributed by atoms with E-state index in [2.05, 4.69) is 6.58 Å². The number of halogens is 3. The van der Waals surface area contributed by atoms with E-state index in [9.17, 15) is 8.78 Å². The van der Waals surface area contributed by atoms with Gasteiger partial charge in [-0.05, 0) is 66.7 Å². The minimum atomic E-state index is -0.985. The number of ether oxygens (including phenoxy) is 1. The normalized spacial score (nSPS) is 10.6. The fourth-order valence-corrected chi connectivity index (χ4v) is 3.58. The summed E-state index contributed by atoms with van der Waals surface area (Å²) in [7, 11) is 1.96. The van der Waals surface area contributed by atoms with Crippen molar-refractivity contribution in [3.8, 4) is 11.5 Å². The Balaban J connectivity index is 1.53. The summed E-state index contributed by atoms with van der Waals surface area (Å²) in [5.41, 5.74) is 4.36. The lowest BCUT2D eigenvalue weighted by Crippen LogP contribution is -2.09. The van der Waals surface area contributed by atoms with Crippen molar-refractivity contribution in [3.05, 3.63) is 125 Å². The number of benzene rings is 4. The van der Waals surface area contributed by atoms with Gasteiger partial charge in [-0.25, -0.2) is 8.78 Å². The van der Waals surface area contributed by atoms with Crippen LogP contribution < -0.4 is 9.64 Å². The van der Waals surface area contributed by atoms with Crippen LogP contribution in [0.5, 0.6) is 11.5 Å². The third-order valence-corrected chi connectivity index (χ3v) is 5.65. The van der Waals surface area contributed by atoms with E-state index in [4.69, 9.17) is 21.7 Å². The lowest BCUT2D eigenvalue weighted by atomic mass is 9.99. The van der Waals surface area contributed by atoms with E-state index >= 15 is 0 Å². The average molecular weight is 475 g/mol. The molecule has 0 aliphatic rings. The van der Waals surface area contributed by atoms with Crippen molar-refractivity contribution < 1.29 is 13.5 Å². The summed E-state index contributed by atoms with van der Waals surface area (Å²) in [6, 6.07) is 23.8. The van der Waals surface area contributed by atoms with Crippen LogP contribution in [0.15, 0.2) is 91.5 Å². The molecule has 0 aliphatic heterocycles. The van der Waals surface area contributed by atoms with E-state index < -0.39 is 11.6 Å². The number of rotatable bonds is 7. The zero-order valence-corrected chi connectivity index (χ0v) is 19.1.